The molecule has 0 saturated heterocycles. The highest BCUT2D eigenvalue weighted by atomic mass is 32.2. The molecule has 0 atom stereocenters. The van der Waals surface area contributed by atoms with Crippen LogP contribution in [0.2, 0.25) is 0 Å². The van der Waals surface area contributed by atoms with Gasteiger partial charge in [0, 0.05) is 0 Å². The van der Waals surface area contributed by atoms with Gasteiger partial charge in [-0.15, -0.1) is 5.10 Å². The van der Waals surface area contributed by atoms with Crippen LogP contribution in [0.25, 0.3) is 16.7 Å². The van der Waals surface area contributed by atoms with E-state index in [4.69, 9.17) is 5.73 Å². The second-order valence-electron chi connectivity index (χ2n) is 5.83. The normalized spacial score (nSPS) is 13.7. The fourth-order valence-electron chi connectivity index (χ4n) is 2.44. The first-order valence-electron chi connectivity index (χ1n) is 7.57. The van der Waals surface area contributed by atoms with E-state index < -0.39 is 61.0 Å². The lowest BCUT2D eigenvalue weighted by Crippen LogP contribution is -2.23. The molecule has 0 saturated carbocycles. The SMILES string of the molecule is Nc1c2c(C(F)(F)F)nc(C(F)(F)F)nc2nn1-c1ccc(S(=O)(=O)C(F)(F)F)cc1. The third kappa shape index (κ3) is 3.84. The van der Waals surface area contributed by atoms with Crippen molar-refractivity contribution in [2.45, 2.75) is 22.8 Å². The lowest BCUT2D eigenvalue weighted by molar-refractivity contribution is -0.151. The van der Waals surface area contributed by atoms with Gasteiger partial charge in [-0.3, -0.25) is 0 Å². The Morgan fingerprint density at radius 3 is 1.84 bits per heavy atom. The van der Waals surface area contributed by atoms with E-state index in [-0.39, 0.29) is 5.69 Å². The Labute approximate surface area is 165 Å². The molecule has 0 spiro atoms. The Morgan fingerprint density at radius 2 is 1.39 bits per heavy atom. The maximum absolute atomic E-state index is 13.3. The van der Waals surface area contributed by atoms with Crippen LogP contribution in [0.1, 0.15) is 11.5 Å². The van der Waals surface area contributed by atoms with Gasteiger partial charge in [0.25, 0.3) is 9.84 Å². The summed E-state index contributed by atoms with van der Waals surface area (Å²) in [4.78, 5) is 4.22. The van der Waals surface area contributed by atoms with Crippen LogP contribution in [0.5, 0.6) is 0 Å². The lowest BCUT2D eigenvalue weighted by atomic mass is 10.2. The van der Waals surface area contributed by atoms with Gasteiger partial charge < -0.3 is 5.73 Å². The first-order valence-corrected chi connectivity index (χ1v) is 9.05. The quantitative estimate of drug-likeness (QED) is 0.562. The van der Waals surface area contributed by atoms with Gasteiger partial charge in [-0.05, 0) is 24.3 Å². The number of fused-ring (bicyclic) bond motifs is 1. The number of halogens is 9. The summed E-state index contributed by atoms with van der Waals surface area (Å²) in [5.41, 5.74) is -3.51. The Kier molecular flexibility index (Phi) is 4.87. The number of nitrogens with two attached hydrogens (primary N) is 1. The van der Waals surface area contributed by atoms with E-state index in [1.807, 2.05) is 0 Å². The minimum absolute atomic E-state index is 0.349. The smallest absolute Gasteiger partial charge is 0.383 e. The molecule has 1 aromatic carbocycles. The number of rotatable bonds is 2. The largest absolute Gasteiger partial charge is 0.501 e. The van der Waals surface area contributed by atoms with Crippen LogP contribution in [0, 0.1) is 0 Å². The summed E-state index contributed by atoms with van der Waals surface area (Å²) in [6.07, 6.45) is -10.7. The van der Waals surface area contributed by atoms with Crippen molar-refractivity contribution in [3.05, 3.63) is 35.8 Å². The Balaban J connectivity index is 2.22. The van der Waals surface area contributed by atoms with Crippen molar-refractivity contribution >= 4 is 26.7 Å². The average Bonchev–Trinajstić information content (AvgIpc) is 2.95. The molecule has 0 unspecified atom stereocenters. The minimum atomic E-state index is -5.72. The summed E-state index contributed by atoms with van der Waals surface area (Å²) < 4.78 is 139. The predicted molar refractivity (Wildman–Crippen MR) is 84.3 cm³/mol. The molecule has 0 fully saturated rings. The molecule has 0 radical (unpaired) electrons. The molecule has 0 bridgehead atoms. The van der Waals surface area contributed by atoms with E-state index >= 15 is 0 Å². The highest BCUT2D eigenvalue weighted by Crippen LogP contribution is 2.39. The first-order chi connectivity index (χ1) is 13.9. The van der Waals surface area contributed by atoms with Gasteiger partial charge in [0.1, 0.15) is 5.82 Å². The number of hydrogen-bond acceptors (Lipinski definition) is 6. The molecule has 0 aliphatic carbocycles. The summed E-state index contributed by atoms with van der Waals surface area (Å²) >= 11 is 0. The third-order valence-corrected chi connectivity index (χ3v) is 5.29. The second-order valence-corrected chi connectivity index (χ2v) is 7.77. The number of nitrogens with zero attached hydrogens (tertiary/aromatic N) is 4. The van der Waals surface area contributed by atoms with Crippen molar-refractivity contribution in [1.29, 1.82) is 0 Å². The van der Waals surface area contributed by atoms with Crippen LogP contribution < -0.4 is 5.73 Å². The summed E-state index contributed by atoms with van der Waals surface area (Å²) in [7, 11) is -5.72. The number of hydrogen-bond donors (Lipinski definition) is 1. The summed E-state index contributed by atoms with van der Waals surface area (Å²) in [5.74, 6) is -3.01. The van der Waals surface area contributed by atoms with Crippen molar-refractivity contribution in [1.82, 2.24) is 19.7 Å². The Bertz CT molecular complexity index is 1260. The second kappa shape index (κ2) is 6.69. The number of alkyl halides is 9. The number of benzene rings is 1. The van der Waals surface area contributed by atoms with Crippen LogP contribution in [0.15, 0.2) is 29.2 Å². The fourth-order valence-corrected chi connectivity index (χ4v) is 3.20. The maximum Gasteiger partial charge on any atom is 0.501 e. The molecule has 2 aromatic heterocycles. The van der Waals surface area contributed by atoms with Crippen molar-refractivity contribution in [2.24, 2.45) is 0 Å². The van der Waals surface area contributed by atoms with Crippen molar-refractivity contribution < 1.29 is 47.9 Å². The third-order valence-electron chi connectivity index (χ3n) is 3.79. The molecule has 7 nitrogen and oxygen atoms in total. The van der Waals surface area contributed by atoms with Crippen molar-refractivity contribution in [3.8, 4) is 5.69 Å². The predicted octanol–water partition coefficient (Wildman–Crippen LogP) is 3.73. The van der Waals surface area contributed by atoms with Crippen LogP contribution in [0.3, 0.4) is 0 Å². The molecule has 31 heavy (non-hydrogen) atoms. The van der Waals surface area contributed by atoms with Crippen LogP contribution in [-0.2, 0) is 22.2 Å². The van der Waals surface area contributed by atoms with E-state index in [1.165, 1.54) is 0 Å². The molecule has 3 rings (SSSR count). The topological polar surface area (TPSA) is 104 Å². The van der Waals surface area contributed by atoms with Gasteiger partial charge in [0.05, 0.1) is 16.0 Å². The Hall–Kier alpha value is -3.11. The van der Waals surface area contributed by atoms with Crippen LogP contribution in [-0.4, -0.2) is 33.7 Å². The summed E-state index contributed by atoms with van der Waals surface area (Å²) in [5, 5.41) is 2.36. The molecule has 168 valence electrons. The zero-order valence-corrected chi connectivity index (χ0v) is 15.1. The first kappa shape index (κ1) is 22.6. The molecule has 0 amide bonds. The molecule has 0 aliphatic rings. The molecule has 0 aliphatic heterocycles. The van der Waals surface area contributed by atoms with Gasteiger partial charge in [-0.1, -0.05) is 0 Å². The van der Waals surface area contributed by atoms with Crippen LogP contribution >= 0.6 is 0 Å². The minimum Gasteiger partial charge on any atom is -0.383 e. The van der Waals surface area contributed by atoms with Crippen molar-refractivity contribution in [2.75, 3.05) is 5.73 Å². The molecule has 3 aromatic rings. The van der Waals surface area contributed by atoms with Gasteiger partial charge >= 0.3 is 17.9 Å². The molecular weight excluding hydrogens is 473 g/mol. The number of anilines is 1. The number of sulfone groups is 1. The maximum atomic E-state index is 13.3. The number of nitrogen functional groups attached to an aromatic ring is 1. The molecule has 2 heterocycles. The zero-order chi connectivity index (χ0) is 23.6. The molecule has 2 N–H and O–H groups in total. The number of aromatic nitrogens is 4. The zero-order valence-electron chi connectivity index (χ0n) is 14.3. The monoisotopic (exact) mass is 479 g/mol. The molecule has 17 heteroatoms. The summed E-state index contributed by atoms with van der Waals surface area (Å²) in [6.45, 7) is 0. The lowest BCUT2D eigenvalue weighted by Gasteiger charge is -2.11. The summed E-state index contributed by atoms with van der Waals surface area (Å²) in [6, 6.07) is 2.38. The average molecular weight is 479 g/mol. The van der Waals surface area contributed by atoms with Gasteiger partial charge in [-0.2, -0.15) is 39.5 Å². The Morgan fingerprint density at radius 1 is 0.839 bits per heavy atom. The van der Waals surface area contributed by atoms with Gasteiger partial charge in [-0.25, -0.2) is 23.1 Å². The highest BCUT2D eigenvalue weighted by molar-refractivity contribution is 7.92. The van der Waals surface area contributed by atoms with Crippen LogP contribution in [0.4, 0.5) is 45.3 Å². The van der Waals surface area contributed by atoms with E-state index in [2.05, 4.69) is 15.1 Å². The van der Waals surface area contributed by atoms with Gasteiger partial charge in [0.15, 0.2) is 11.3 Å². The fraction of sp³-hybridized carbons (Fsp3) is 0.214. The van der Waals surface area contributed by atoms with E-state index in [0.29, 0.717) is 28.9 Å². The van der Waals surface area contributed by atoms with E-state index in [9.17, 15) is 47.9 Å². The standard InChI is InChI=1S/C14H6F9N5O2S/c15-12(16,17)8-7-9(24)28(27-10(7)26-11(25-8)13(18,19)20)5-1-3-6(4-2-5)31(29,30)14(21,22)23/h1-4H,24H2. The molecular formula is C14H6F9N5O2S. The van der Waals surface area contributed by atoms with Gasteiger partial charge in [0.2, 0.25) is 5.82 Å². The van der Waals surface area contributed by atoms with Crippen molar-refractivity contribution in [3.63, 3.8) is 0 Å². The highest BCUT2D eigenvalue weighted by Gasteiger charge is 2.47. The van der Waals surface area contributed by atoms with E-state index in [0.717, 1.165) is 0 Å². The van der Waals surface area contributed by atoms with E-state index in [1.54, 1.807) is 0 Å².